The number of carbonyl (C=O) groups is 2. The summed E-state index contributed by atoms with van der Waals surface area (Å²) in [5.74, 6) is -0.766. The first kappa shape index (κ1) is 22.0. The minimum Gasteiger partial charge on any atom is -0.444 e. The second-order valence-corrected chi connectivity index (χ2v) is 10.1. The lowest BCUT2D eigenvalue weighted by molar-refractivity contribution is -0.132. The topological polar surface area (TPSA) is 126 Å². The Morgan fingerprint density at radius 3 is 2.47 bits per heavy atom. The van der Waals surface area contributed by atoms with Gasteiger partial charge in [-0.2, -0.15) is 0 Å². The maximum atomic E-state index is 12.3. The number of anilines is 1. The number of aromatic nitrogens is 1. The predicted molar refractivity (Wildman–Crippen MR) is 110 cm³/mol. The van der Waals surface area contributed by atoms with E-state index in [1.807, 2.05) is 12.1 Å². The zero-order valence-corrected chi connectivity index (χ0v) is 17.8. The Morgan fingerprint density at radius 1 is 1.30 bits per heavy atom. The quantitative estimate of drug-likeness (QED) is 0.508. The Bertz CT molecular complexity index is 1060. The molecule has 3 rings (SSSR count). The summed E-state index contributed by atoms with van der Waals surface area (Å²) in [6, 6.07) is 10.6. The number of nitrogens with zero attached hydrogens (tertiary/aromatic N) is 2. The van der Waals surface area contributed by atoms with Crippen LogP contribution in [0.2, 0.25) is 5.02 Å². The average molecular weight is 454 g/mol. The van der Waals surface area contributed by atoms with Crippen molar-refractivity contribution in [1.29, 1.82) is 0 Å². The van der Waals surface area contributed by atoms with Crippen LogP contribution in [0, 0.1) is 0 Å². The van der Waals surface area contributed by atoms with Crippen molar-refractivity contribution >= 4 is 39.3 Å². The van der Waals surface area contributed by atoms with E-state index in [2.05, 4.69) is 4.98 Å². The summed E-state index contributed by atoms with van der Waals surface area (Å²) < 4.78 is 27.5. The van der Waals surface area contributed by atoms with Gasteiger partial charge in [0.15, 0.2) is 14.6 Å². The van der Waals surface area contributed by atoms with Gasteiger partial charge in [0.1, 0.15) is 11.9 Å². The van der Waals surface area contributed by atoms with Crippen LogP contribution in [0.1, 0.15) is 13.3 Å². The Morgan fingerprint density at radius 2 is 1.93 bits per heavy atom. The van der Waals surface area contributed by atoms with Crippen molar-refractivity contribution in [3.8, 4) is 11.1 Å². The van der Waals surface area contributed by atoms with Gasteiger partial charge in [-0.3, -0.25) is 14.9 Å². The van der Waals surface area contributed by atoms with Gasteiger partial charge in [-0.25, -0.2) is 23.7 Å². The minimum atomic E-state index is -3.91. The second kappa shape index (κ2) is 8.21. The van der Waals surface area contributed by atoms with Gasteiger partial charge in [-0.15, -0.1) is 0 Å². The third-order valence-electron chi connectivity index (χ3n) is 5.09. The fourth-order valence-corrected chi connectivity index (χ4v) is 4.14. The van der Waals surface area contributed by atoms with Crippen molar-refractivity contribution in [3.63, 3.8) is 0 Å². The number of pyridine rings is 1. The molecular weight excluding hydrogens is 434 g/mol. The van der Waals surface area contributed by atoms with Crippen LogP contribution >= 0.6 is 11.6 Å². The smallest absolute Gasteiger partial charge is 0.415 e. The van der Waals surface area contributed by atoms with Crippen molar-refractivity contribution in [2.45, 2.75) is 24.2 Å². The molecule has 2 atom stereocenters. The number of hydroxylamine groups is 1. The van der Waals surface area contributed by atoms with Crippen molar-refractivity contribution in [3.05, 3.63) is 47.6 Å². The predicted octanol–water partition coefficient (Wildman–Crippen LogP) is 2.43. The molecular formula is C19H20ClN3O6S. The van der Waals surface area contributed by atoms with E-state index in [0.29, 0.717) is 10.8 Å². The number of carbonyl (C=O) groups excluding carboxylic acids is 2. The highest BCUT2D eigenvalue weighted by Crippen LogP contribution is 2.30. The third-order valence-corrected chi connectivity index (χ3v) is 7.33. The number of halogens is 1. The molecule has 0 saturated carbocycles. The van der Waals surface area contributed by atoms with Crippen LogP contribution in [0.3, 0.4) is 0 Å². The molecule has 9 nitrogen and oxygen atoms in total. The first-order valence-electron chi connectivity index (χ1n) is 8.89. The van der Waals surface area contributed by atoms with E-state index in [4.69, 9.17) is 21.5 Å². The van der Waals surface area contributed by atoms with Gasteiger partial charge in [0.05, 0.1) is 6.54 Å². The van der Waals surface area contributed by atoms with Crippen LogP contribution in [0.15, 0.2) is 42.6 Å². The molecule has 2 amide bonds. The maximum absolute atomic E-state index is 12.3. The third kappa shape index (κ3) is 4.25. The van der Waals surface area contributed by atoms with E-state index >= 15 is 0 Å². The number of hydrogen-bond acceptors (Lipinski definition) is 7. The van der Waals surface area contributed by atoms with Crippen LogP contribution in [0.4, 0.5) is 10.6 Å². The highest BCUT2D eigenvalue weighted by molar-refractivity contribution is 7.92. The number of cyclic esters (lactones) is 1. The standard InChI is InChI=1S/C19H20ClN3O6S/c1-19(17(24)22-26,30(2,27)28)9-15-11-23(18(25)29-15)16-8-5-13(10-21-16)12-3-6-14(20)7-4-12/h3-8,10,15,26H,9,11H2,1-2H3,(H,22,24). The number of hydrogen-bond donors (Lipinski definition) is 2. The molecule has 0 aliphatic carbocycles. The molecule has 0 radical (unpaired) electrons. The fraction of sp³-hybridized carbons (Fsp3) is 0.316. The van der Waals surface area contributed by atoms with E-state index < -0.39 is 32.7 Å². The molecule has 2 N–H and O–H groups in total. The first-order valence-corrected chi connectivity index (χ1v) is 11.2. The zero-order chi connectivity index (χ0) is 22.1. The van der Waals surface area contributed by atoms with E-state index in [9.17, 15) is 18.0 Å². The molecule has 30 heavy (non-hydrogen) atoms. The monoisotopic (exact) mass is 453 g/mol. The Hall–Kier alpha value is -2.69. The lowest BCUT2D eigenvalue weighted by Gasteiger charge is -2.26. The molecule has 2 heterocycles. The molecule has 11 heteroatoms. The van der Waals surface area contributed by atoms with E-state index in [1.54, 1.807) is 30.5 Å². The number of amides is 2. The maximum Gasteiger partial charge on any atom is 0.415 e. The summed E-state index contributed by atoms with van der Waals surface area (Å²) in [6.07, 6.45) is 0.579. The molecule has 1 aliphatic rings. The largest absolute Gasteiger partial charge is 0.444 e. The minimum absolute atomic E-state index is 0.00986. The van der Waals surface area contributed by atoms with Crippen LogP contribution in [0.25, 0.3) is 11.1 Å². The van der Waals surface area contributed by atoms with E-state index in [0.717, 1.165) is 17.4 Å². The molecule has 2 unspecified atom stereocenters. The molecule has 1 saturated heterocycles. The van der Waals surface area contributed by atoms with Crippen molar-refractivity contribution in [1.82, 2.24) is 10.5 Å². The Balaban J connectivity index is 1.77. The van der Waals surface area contributed by atoms with Gasteiger partial charge in [-0.1, -0.05) is 23.7 Å². The molecule has 1 aromatic carbocycles. The molecule has 1 fully saturated rings. The highest BCUT2D eigenvalue weighted by atomic mass is 35.5. The molecule has 1 aliphatic heterocycles. The number of benzene rings is 1. The number of sulfone groups is 1. The van der Waals surface area contributed by atoms with Crippen molar-refractivity contribution in [2.75, 3.05) is 17.7 Å². The normalized spacial score (nSPS) is 18.6. The summed E-state index contributed by atoms with van der Waals surface area (Å²) >= 11 is 5.89. The summed E-state index contributed by atoms with van der Waals surface area (Å²) in [4.78, 5) is 29.8. The van der Waals surface area contributed by atoms with E-state index in [1.165, 1.54) is 17.3 Å². The zero-order valence-electron chi connectivity index (χ0n) is 16.2. The van der Waals surface area contributed by atoms with Gasteiger partial charge < -0.3 is 4.74 Å². The lowest BCUT2D eigenvalue weighted by Crippen LogP contribution is -2.51. The van der Waals surface area contributed by atoms with Crippen LogP contribution in [-0.2, 0) is 19.4 Å². The average Bonchev–Trinajstić information content (AvgIpc) is 3.07. The summed E-state index contributed by atoms with van der Waals surface area (Å²) in [6.45, 7) is 1.18. The van der Waals surface area contributed by atoms with Crippen molar-refractivity contribution < 1.29 is 28.0 Å². The van der Waals surface area contributed by atoms with Crippen LogP contribution in [-0.4, -0.2) is 54.3 Å². The molecule has 2 aromatic rings. The number of ether oxygens (including phenoxy) is 1. The summed E-state index contributed by atoms with van der Waals surface area (Å²) in [5.41, 5.74) is 3.10. The van der Waals surface area contributed by atoms with Gasteiger partial charge in [0, 0.05) is 29.5 Å². The second-order valence-electron chi connectivity index (χ2n) is 7.18. The number of nitrogens with one attached hydrogen (secondary N) is 1. The van der Waals surface area contributed by atoms with Crippen LogP contribution in [0.5, 0.6) is 0 Å². The van der Waals surface area contributed by atoms with Crippen molar-refractivity contribution in [2.24, 2.45) is 0 Å². The fourth-order valence-electron chi connectivity index (χ4n) is 3.14. The SMILES string of the molecule is CC(CC1CN(c2ccc(-c3ccc(Cl)cc3)cn2)C(=O)O1)(C(=O)NO)S(C)(=O)=O. The lowest BCUT2D eigenvalue weighted by atomic mass is 10.0. The Labute approximate surface area is 178 Å². The van der Waals surface area contributed by atoms with Gasteiger partial charge in [0.2, 0.25) is 0 Å². The van der Waals surface area contributed by atoms with E-state index in [-0.39, 0.29) is 13.0 Å². The molecule has 160 valence electrons. The first-order chi connectivity index (χ1) is 14.0. The number of rotatable bonds is 6. The van der Waals surface area contributed by atoms with Crippen LogP contribution < -0.4 is 10.4 Å². The van der Waals surface area contributed by atoms with Gasteiger partial charge in [0.25, 0.3) is 5.91 Å². The summed E-state index contributed by atoms with van der Waals surface area (Å²) in [5, 5.41) is 9.54. The molecule has 1 aromatic heterocycles. The molecule has 0 bridgehead atoms. The van der Waals surface area contributed by atoms with Gasteiger partial charge >= 0.3 is 6.09 Å². The Kier molecular flexibility index (Phi) is 6.02. The van der Waals surface area contributed by atoms with Gasteiger partial charge in [-0.05, 0) is 36.8 Å². The summed E-state index contributed by atoms with van der Waals surface area (Å²) in [7, 11) is -3.91. The molecule has 0 spiro atoms. The highest BCUT2D eigenvalue weighted by Gasteiger charge is 2.48.